The minimum absolute atomic E-state index is 0.0506. The predicted molar refractivity (Wildman–Crippen MR) is 210 cm³/mol. The van der Waals surface area contributed by atoms with Gasteiger partial charge in [-0.3, -0.25) is 14.4 Å². The van der Waals surface area contributed by atoms with Crippen LogP contribution in [0.25, 0.3) is 0 Å². The number of nitrogens with one attached hydrogen (secondary N) is 4. The summed E-state index contributed by atoms with van der Waals surface area (Å²) in [5, 5.41) is 34.1. The maximum atomic E-state index is 13.4. The molecule has 2 aromatic carbocycles. The van der Waals surface area contributed by atoms with Crippen molar-refractivity contribution in [1.82, 2.24) is 21.3 Å². The number of rotatable bonds is 20. The van der Waals surface area contributed by atoms with Gasteiger partial charge in [0.25, 0.3) is 0 Å². The molecule has 0 saturated heterocycles. The van der Waals surface area contributed by atoms with Gasteiger partial charge in [0.05, 0.1) is 30.7 Å². The van der Waals surface area contributed by atoms with Gasteiger partial charge in [0.2, 0.25) is 17.7 Å². The molecule has 0 spiro atoms. The van der Waals surface area contributed by atoms with Crippen LogP contribution < -0.4 is 27.0 Å². The molecule has 1 fully saturated rings. The van der Waals surface area contributed by atoms with Crippen molar-refractivity contribution in [3.8, 4) is 0 Å². The van der Waals surface area contributed by atoms with E-state index in [9.17, 15) is 29.4 Å². The van der Waals surface area contributed by atoms with Crippen LogP contribution in [0.3, 0.4) is 0 Å². The van der Waals surface area contributed by atoms with Crippen LogP contribution in [-0.2, 0) is 38.6 Å². The van der Waals surface area contributed by atoms with Gasteiger partial charge in [0.1, 0.15) is 11.6 Å². The smallest absolute Gasteiger partial charge is 0.407 e. The molecule has 0 heterocycles. The molecule has 0 aromatic heterocycles. The molecule has 4 amide bonds. The number of ether oxygens (including phenoxy) is 1. The highest BCUT2D eigenvalue weighted by Crippen LogP contribution is 2.28. The lowest BCUT2D eigenvalue weighted by Crippen LogP contribution is -2.50. The third-order valence-electron chi connectivity index (χ3n) is 9.73. The molecule has 0 aliphatic heterocycles. The number of aliphatic hydroxyl groups excluding tert-OH is 2. The van der Waals surface area contributed by atoms with Gasteiger partial charge in [0.15, 0.2) is 0 Å². The van der Waals surface area contributed by atoms with Gasteiger partial charge >= 0.3 is 6.09 Å². The Balaban J connectivity index is 1.63. The monoisotopic (exact) mass is 751 g/mol. The molecule has 12 heteroatoms. The highest BCUT2D eigenvalue weighted by atomic mass is 16.6. The van der Waals surface area contributed by atoms with Crippen LogP contribution in [0.5, 0.6) is 0 Å². The number of amides is 4. The molecule has 1 saturated carbocycles. The maximum Gasteiger partial charge on any atom is 0.407 e. The number of aliphatic hydroxyl groups is 2. The third-order valence-corrected chi connectivity index (χ3v) is 9.73. The second kappa shape index (κ2) is 22.4. The summed E-state index contributed by atoms with van der Waals surface area (Å²) < 4.78 is 5.43. The van der Waals surface area contributed by atoms with E-state index >= 15 is 0 Å². The zero-order valence-corrected chi connectivity index (χ0v) is 32.9. The summed E-state index contributed by atoms with van der Waals surface area (Å²) in [4.78, 5) is 52.6. The van der Waals surface area contributed by atoms with Crippen molar-refractivity contribution >= 4 is 23.8 Å². The summed E-state index contributed by atoms with van der Waals surface area (Å²) >= 11 is 0. The fourth-order valence-corrected chi connectivity index (χ4v) is 6.86. The number of hydrogen-bond acceptors (Lipinski definition) is 8. The van der Waals surface area contributed by atoms with E-state index in [4.69, 9.17) is 10.5 Å². The summed E-state index contributed by atoms with van der Waals surface area (Å²) in [6.45, 7) is 9.94. The summed E-state index contributed by atoms with van der Waals surface area (Å²) in [7, 11) is 0. The van der Waals surface area contributed by atoms with Crippen molar-refractivity contribution in [3.05, 3.63) is 71.3 Å². The van der Waals surface area contributed by atoms with E-state index in [0.29, 0.717) is 38.3 Å². The summed E-state index contributed by atoms with van der Waals surface area (Å²) in [6, 6.07) is 14.9. The summed E-state index contributed by atoms with van der Waals surface area (Å²) in [5.41, 5.74) is 7.77. The first-order valence-corrected chi connectivity index (χ1v) is 19.7. The lowest BCUT2D eigenvalue weighted by atomic mass is 9.83. The van der Waals surface area contributed by atoms with Gasteiger partial charge in [0, 0.05) is 19.5 Å². The normalized spacial score (nSPS) is 16.4. The van der Waals surface area contributed by atoms with Crippen molar-refractivity contribution in [3.63, 3.8) is 0 Å². The van der Waals surface area contributed by atoms with Crippen molar-refractivity contribution < 1.29 is 34.1 Å². The molecule has 1 aliphatic carbocycles. The van der Waals surface area contributed by atoms with E-state index in [1.54, 1.807) is 20.8 Å². The molecule has 2 aromatic rings. The van der Waals surface area contributed by atoms with E-state index in [1.165, 1.54) is 0 Å². The van der Waals surface area contributed by atoms with E-state index in [1.807, 2.05) is 68.4 Å². The van der Waals surface area contributed by atoms with E-state index in [-0.39, 0.29) is 37.0 Å². The Labute approximate surface area is 321 Å². The van der Waals surface area contributed by atoms with Crippen LogP contribution >= 0.6 is 0 Å². The van der Waals surface area contributed by atoms with Crippen LogP contribution in [0.15, 0.2) is 54.6 Å². The van der Waals surface area contributed by atoms with Gasteiger partial charge in [-0.25, -0.2) is 4.79 Å². The Kier molecular flexibility index (Phi) is 18.4. The Morgan fingerprint density at radius 2 is 1.46 bits per heavy atom. The van der Waals surface area contributed by atoms with E-state index in [2.05, 4.69) is 21.3 Å². The van der Waals surface area contributed by atoms with Crippen molar-refractivity contribution in [1.29, 1.82) is 0 Å². The molecule has 2 unspecified atom stereocenters. The molecular weight excluding hydrogens is 686 g/mol. The quantitative estimate of drug-likeness (QED) is 0.101. The average molecular weight is 752 g/mol. The number of nitrogens with two attached hydrogens (primary N) is 1. The van der Waals surface area contributed by atoms with Crippen molar-refractivity contribution in [2.24, 2.45) is 17.6 Å². The third kappa shape index (κ3) is 17.0. The highest BCUT2D eigenvalue weighted by molar-refractivity contribution is 5.87. The van der Waals surface area contributed by atoms with Crippen LogP contribution in [-0.4, -0.2) is 70.0 Å². The molecule has 1 aliphatic rings. The minimum Gasteiger partial charge on any atom is -0.444 e. The first-order chi connectivity index (χ1) is 25.6. The zero-order chi connectivity index (χ0) is 39.7. The SMILES string of the molecule is CC(C)C[C@H](NC(=O)C[C@@H](O)C(CC1CCCCC1)NC(=O)CCC(O)[C@H](Cc1ccccc1)NC(=O)OC(C)(C)C)C(=O)NCc1ccc(CN)cc1. The van der Waals surface area contributed by atoms with Gasteiger partial charge < -0.3 is 42.0 Å². The molecule has 300 valence electrons. The van der Waals surface area contributed by atoms with Crippen molar-refractivity contribution in [2.75, 3.05) is 0 Å². The fraction of sp³-hybridized carbons (Fsp3) is 0.619. The van der Waals surface area contributed by atoms with Gasteiger partial charge in [-0.2, -0.15) is 0 Å². The Bertz CT molecular complexity index is 1440. The Morgan fingerprint density at radius 1 is 0.815 bits per heavy atom. The van der Waals surface area contributed by atoms with E-state index in [0.717, 1.165) is 48.8 Å². The summed E-state index contributed by atoms with van der Waals surface area (Å²) in [5.74, 6) is -0.756. The van der Waals surface area contributed by atoms with E-state index < -0.39 is 47.9 Å². The first kappa shape index (κ1) is 44.4. The predicted octanol–water partition coefficient (Wildman–Crippen LogP) is 4.78. The lowest BCUT2D eigenvalue weighted by Gasteiger charge is -2.31. The standard InChI is InChI=1S/C42H65N5O7/c1-28(2)22-35(40(52)44-27-32-18-16-31(26-43)17-19-32)46-39(51)25-37(49)34(24-30-14-10-7-11-15-30)45-38(50)21-20-36(48)33(23-29-12-8-6-9-13-29)47-41(53)54-42(3,4)5/h6,8-9,12-13,16-19,28,30,33-37,48-49H,7,10-11,14-15,20-27,43H2,1-5H3,(H,44,52)(H,45,50)(H,46,51)(H,47,53)/t33-,34?,35-,36?,37+/m0/s1. The van der Waals surface area contributed by atoms with Crippen molar-refractivity contribution in [2.45, 2.75) is 154 Å². The summed E-state index contributed by atoms with van der Waals surface area (Å²) in [6.07, 6.45) is 3.30. The minimum atomic E-state index is -1.19. The van der Waals surface area contributed by atoms with Crippen LogP contribution in [0.2, 0.25) is 0 Å². The molecule has 12 nitrogen and oxygen atoms in total. The molecule has 3 rings (SSSR count). The molecular formula is C42H65N5O7. The topological polar surface area (TPSA) is 192 Å². The highest BCUT2D eigenvalue weighted by Gasteiger charge is 2.31. The Hall–Kier alpha value is -4.00. The number of hydrogen-bond donors (Lipinski definition) is 7. The van der Waals surface area contributed by atoms with Crippen LogP contribution in [0.1, 0.15) is 116 Å². The number of benzene rings is 2. The largest absolute Gasteiger partial charge is 0.444 e. The number of alkyl carbamates (subject to hydrolysis) is 1. The number of carbonyl (C=O) groups excluding carboxylic acids is 4. The molecule has 0 bridgehead atoms. The first-order valence-electron chi connectivity index (χ1n) is 19.7. The number of carbonyl (C=O) groups is 4. The van der Waals surface area contributed by atoms with Gasteiger partial charge in [-0.15, -0.1) is 0 Å². The molecule has 5 atom stereocenters. The molecule has 0 radical (unpaired) electrons. The second-order valence-electron chi connectivity index (χ2n) is 16.2. The second-order valence-corrected chi connectivity index (χ2v) is 16.2. The van der Waals surface area contributed by atoms with Gasteiger partial charge in [-0.05, 0) is 75.0 Å². The zero-order valence-electron chi connectivity index (χ0n) is 32.9. The average Bonchev–Trinajstić information content (AvgIpc) is 3.12. The molecule has 8 N–H and O–H groups in total. The Morgan fingerprint density at radius 3 is 2.07 bits per heavy atom. The maximum absolute atomic E-state index is 13.4. The lowest BCUT2D eigenvalue weighted by molar-refractivity contribution is -0.131. The fourth-order valence-electron chi connectivity index (χ4n) is 6.86. The molecule has 54 heavy (non-hydrogen) atoms. The van der Waals surface area contributed by atoms with Crippen LogP contribution in [0.4, 0.5) is 4.79 Å². The van der Waals surface area contributed by atoms with Gasteiger partial charge in [-0.1, -0.05) is 101 Å². The van der Waals surface area contributed by atoms with Crippen LogP contribution in [0, 0.1) is 11.8 Å².